The van der Waals surface area contributed by atoms with E-state index in [1.807, 2.05) is 0 Å². The average Bonchev–Trinajstić information content (AvgIpc) is 2.42. The summed E-state index contributed by atoms with van der Waals surface area (Å²) in [7, 11) is 2.32. The van der Waals surface area contributed by atoms with Crippen molar-refractivity contribution in [2.45, 2.75) is 78.2 Å². The molecule has 1 saturated carbocycles. The second-order valence-corrected chi connectivity index (χ2v) is 6.86. The lowest BCUT2D eigenvalue weighted by Crippen LogP contribution is -2.45. The lowest BCUT2D eigenvalue weighted by atomic mass is 9.76. The van der Waals surface area contributed by atoms with Crippen LogP contribution in [0.15, 0.2) is 0 Å². The Morgan fingerprint density at radius 1 is 1.05 bits per heavy atom. The first-order valence-electron chi connectivity index (χ1n) is 9.13. The maximum absolute atomic E-state index is 3.74. The summed E-state index contributed by atoms with van der Waals surface area (Å²) in [5.41, 5.74) is 0. The fraction of sp³-hybridized carbons (Fsp3) is 1.00. The predicted molar refractivity (Wildman–Crippen MR) is 90.2 cm³/mol. The normalized spacial score (nSPS) is 27.1. The molecule has 120 valence electrons. The van der Waals surface area contributed by atoms with Gasteiger partial charge in [0.15, 0.2) is 0 Å². The van der Waals surface area contributed by atoms with Gasteiger partial charge < -0.3 is 10.2 Å². The molecule has 20 heavy (non-hydrogen) atoms. The van der Waals surface area contributed by atoms with Crippen molar-refractivity contribution in [3.05, 3.63) is 0 Å². The Morgan fingerprint density at radius 2 is 1.85 bits per heavy atom. The Bertz CT molecular complexity index is 229. The summed E-state index contributed by atoms with van der Waals surface area (Å²) in [6, 6.07) is 0.765. The van der Waals surface area contributed by atoms with Crippen LogP contribution in [0.5, 0.6) is 0 Å². The quantitative estimate of drug-likeness (QED) is 0.601. The van der Waals surface area contributed by atoms with Crippen molar-refractivity contribution in [1.82, 2.24) is 10.2 Å². The molecule has 3 unspecified atom stereocenters. The van der Waals surface area contributed by atoms with E-state index in [1.165, 1.54) is 64.5 Å². The Kier molecular flexibility index (Phi) is 9.54. The van der Waals surface area contributed by atoms with Crippen LogP contribution in [0.25, 0.3) is 0 Å². The van der Waals surface area contributed by atoms with Gasteiger partial charge in [0.25, 0.3) is 0 Å². The maximum atomic E-state index is 3.74. The van der Waals surface area contributed by atoms with Crippen LogP contribution in [0.2, 0.25) is 0 Å². The summed E-state index contributed by atoms with van der Waals surface area (Å²) in [6.45, 7) is 10.6. The molecule has 0 heterocycles. The van der Waals surface area contributed by atoms with Crippen molar-refractivity contribution in [2.75, 3.05) is 26.7 Å². The summed E-state index contributed by atoms with van der Waals surface area (Å²) in [5, 5.41) is 3.74. The number of rotatable bonds is 10. The van der Waals surface area contributed by atoms with E-state index in [0.29, 0.717) is 0 Å². The molecule has 0 bridgehead atoms. The lowest BCUT2D eigenvalue weighted by Gasteiger charge is -2.38. The average molecular weight is 283 g/mol. The minimum Gasteiger partial charge on any atom is -0.314 e. The predicted octanol–water partition coefficient (Wildman–Crippen LogP) is 4.30. The second kappa shape index (κ2) is 10.6. The van der Waals surface area contributed by atoms with Gasteiger partial charge in [0.05, 0.1) is 0 Å². The minimum atomic E-state index is 0.765. The van der Waals surface area contributed by atoms with Gasteiger partial charge in [-0.2, -0.15) is 0 Å². The molecule has 1 N–H and O–H groups in total. The zero-order valence-electron chi connectivity index (χ0n) is 14.5. The van der Waals surface area contributed by atoms with Crippen LogP contribution < -0.4 is 5.32 Å². The Labute approximate surface area is 127 Å². The summed E-state index contributed by atoms with van der Waals surface area (Å²) in [5.74, 6) is 1.86. The van der Waals surface area contributed by atoms with Gasteiger partial charge in [0, 0.05) is 12.6 Å². The van der Waals surface area contributed by atoms with Gasteiger partial charge >= 0.3 is 0 Å². The van der Waals surface area contributed by atoms with Crippen molar-refractivity contribution in [1.29, 1.82) is 0 Å². The summed E-state index contributed by atoms with van der Waals surface area (Å²) in [4.78, 5) is 2.58. The van der Waals surface area contributed by atoms with E-state index < -0.39 is 0 Å². The molecule has 0 saturated heterocycles. The number of nitrogens with zero attached hydrogens (tertiary/aromatic N) is 1. The Balaban J connectivity index is 2.41. The number of nitrogens with one attached hydrogen (secondary N) is 1. The smallest absolute Gasteiger partial charge is 0.0108 e. The maximum Gasteiger partial charge on any atom is 0.0108 e. The molecule has 1 fully saturated rings. The zero-order valence-corrected chi connectivity index (χ0v) is 14.5. The van der Waals surface area contributed by atoms with E-state index in [4.69, 9.17) is 0 Å². The van der Waals surface area contributed by atoms with Crippen molar-refractivity contribution in [2.24, 2.45) is 11.8 Å². The summed E-state index contributed by atoms with van der Waals surface area (Å²) in [6.07, 6.45) is 11.2. The fourth-order valence-corrected chi connectivity index (χ4v) is 3.89. The van der Waals surface area contributed by atoms with Gasteiger partial charge in [-0.1, -0.05) is 46.5 Å². The Hall–Kier alpha value is -0.0800. The highest BCUT2D eigenvalue weighted by atomic mass is 15.1. The Morgan fingerprint density at radius 3 is 2.50 bits per heavy atom. The van der Waals surface area contributed by atoms with Gasteiger partial charge in [0.1, 0.15) is 0 Å². The third kappa shape index (κ3) is 6.58. The highest BCUT2D eigenvalue weighted by Crippen LogP contribution is 2.32. The molecule has 0 amide bonds. The summed E-state index contributed by atoms with van der Waals surface area (Å²) < 4.78 is 0. The molecule has 1 rings (SSSR count). The van der Waals surface area contributed by atoms with E-state index in [-0.39, 0.29) is 0 Å². The van der Waals surface area contributed by atoms with E-state index in [0.717, 1.165) is 24.4 Å². The monoisotopic (exact) mass is 282 g/mol. The van der Waals surface area contributed by atoms with Crippen LogP contribution in [0.1, 0.15) is 72.1 Å². The first-order chi connectivity index (χ1) is 9.71. The number of hydrogen-bond donors (Lipinski definition) is 1. The molecule has 2 heteroatoms. The molecule has 0 radical (unpaired) electrons. The fourth-order valence-electron chi connectivity index (χ4n) is 3.89. The molecule has 2 nitrogen and oxygen atoms in total. The third-order valence-corrected chi connectivity index (χ3v) is 4.94. The van der Waals surface area contributed by atoms with Crippen molar-refractivity contribution in [3.8, 4) is 0 Å². The molecule has 1 aliphatic rings. The first-order valence-corrected chi connectivity index (χ1v) is 9.13. The number of unbranched alkanes of at least 4 members (excludes halogenated alkanes) is 2. The van der Waals surface area contributed by atoms with Crippen LogP contribution >= 0.6 is 0 Å². The SMILES string of the molecule is CCCCCN(C)CC1CC(CCC)CCC1NCC. The molecular weight excluding hydrogens is 244 g/mol. The molecule has 0 aromatic heterocycles. The molecule has 0 aliphatic heterocycles. The van der Waals surface area contributed by atoms with Crippen molar-refractivity contribution in [3.63, 3.8) is 0 Å². The van der Waals surface area contributed by atoms with E-state index in [2.05, 4.69) is 38.0 Å². The van der Waals surface area contributed by atoms with E-state index in [1.54, 1.807) is 0 Å². The summed E-state index contributed by atoms with van der Waals surface area (Å²) >= 11 is 0. The third-order valence-electron chi connectivity index (χ3n) is 4.94. The van der Waals surface area contributed by atoms with Crippen LogP contribution in [0, 0.1) is 11.8 Å². The van der Waals surface area contributed by atoms with E-state index in [9.17, 15) is 0 Å². The largest absolute Gasteiger partial charge is 0.314 e. The highest BCUT2D eigenvalue weighted by Gasteiger charge is 2.30. The lowest BCUT2D eigenvalue weighted by molar-refractivity contribution is 0.149. The molecular formula is C18H38N2. The standard InChI is InChI=1S/C18H38N2/c1-5-8-9-13-20(4)15-17-14-16(10-6-2)11-12-18(17)19-7-3/h16-19H,5-15H2,1-4H3. The zero-order chi connectivity index (χ0) is 14.8. The van der Waals surface area contributed by atoms with Crippen LogP contribution in [-0.4, -0.2) is 37.6 Å². The van der Waals surface area contributed by atoms with Gasteiger partial charge in [-0.3, -0.25) is 0 Å². The second-order valence-electron chi connectivity index (χ2n) is 6.86. The molecule has 0 aromatic rings. The molecule has 3 atom stereocenters. The highest BCUT2D eigenvalue weighted by molar-refractivity contribution is 4.86. The number of hydrogen-bond acceptors (Lipinski definition) is 2. The van der Waals surface area contributed by atoms with Crippen LogP contribution in [0.4, 0.5) is 0 Å². The minimum absolute atomic E-state index is 0.765. The van der Waals surface area contributed by atoms with Gasteiger partial charge in [-0.25, -0.2) is 0 Å². The first kappa shape index (κ1) is 18.0. The molecule has 1 aliphatic carbocycles. The van der Waals surface area contributed by atoms with E-state index >= 15 is 0 Å². The molecule has 0 aromatic carbocycles. The molecule has 0 spiro atoms. The van der Waals surface area contributed by atoms with Crippen molar-refractivity contribution >= 4 is 0 Å². The van der Waals surface area contributed by atoms with Gasteiger partial charge in [-0.05, 0) is 57.7 Å². The van der Waals surface area contributed by atoms with Gasteiger partial charge in [0.2, 0.25) is 0 Å². The van der Waals surface area contributed by atoms with Gasteiger partial charge in [-0.15, -0.1) is 0 Å². The van der Waals surface area contributed by atoms with Crippen LogP contribution in [0.3, 0.4) is 0 Å². The van der Waals surface area contributed by atoms with Crippen LogP contribution in [-0.2, 0) is 0 Å². The topological polar surface area (TPSA) is 15.3 Å². The van der Waals surface area contributed by atoms with Crippen molar-refractivity contribution < 1.29 is 0 Å².